The third-order valence-corrected chi connectivity index (χ3v) is 0.962. The van der Waals surface area contributed by atoms with Gasteiger partial charge in [0, 0.05) is 26.3 Å². The fourth-order valence-corrected chi connectivity index (χ4v) is 0.350. The van der Waals surface area contributed by atoms with Crippen LogP contribution >= 0.6 is 0 Å². The molecule has 8 heavy (non-hydrogen) atoms. The van der Waals surface area contributed by atoms with Gasteiger partial charge in [-0.05, 0) is 0 Å². The summed E-state index contributed by atoms with van der Waals surface area (Å²) in [7, 11) is 3.54. The van der Waals surface area contributed by atoms with Crippen LogP contribution in [0.3, 0.4) is 0 Å². The fourth-order valence-electron chi connectivity index (χ4n) is 0.350. The predicted octanol–water partition coefficient (Wildman–Crippen LogP) is 0.756. The Balaban J connectivity index is 2.99. The number of rotatable bonds is 4. The highest BCUT2D eigenvalue weighted by Crippen LogP contribution is 1.89. The van der Waals surface area contributed by atoms with Crippen LogP contribution in [0.5, 0.6) is 0 Å². The maximum atomic E-state index is 4.81. The summed E-state index contributed by atoms with van der Waals surface area (Å²) in [5, 5.41) is 2.93. The van der Waals surface area contributed by atoms with E-state index in [4.69, 9.17) is 4.74 Å². The summed E-state index contributed by atoms with van der Waals surface area (Å²) in [6, 6.07) is 0. The van der Waals surface area contributed by atoms with Crippen molar-refractivity contribution in [3.8, 4) is 0 Å². The van der Waals surface area contributed by atoms with Crippen LogP contribution in [0.2, 0.25) is 0 Å². The average molecular weight is 115 g/mol. The Morgan fingerprint density at radius 1 is 1.75 bits per heavy atom. The van der Waals surface area contributed by atoms with E-state index in [2.05, 4.69) is 11.9 Å². The molecule has 48 valence electrons. The second-order valence-electron chi connectivity index (χ2n) is 1.60. The van der Waals surface area contributed by atoms with E-state index in [1.54, 1.807) is 7.11 Å². The monoisotopic (exact) mass is 115 g/mol. The summed E-state index contributed by atoms with van der Waals surface area (Å²) < 4.78 is 4.81. The minimum atomic E-state index is 0.750. The quantitative estimate of drug-likeness (QED) is 0.584. The molecule has 0 aromatic heterocycles. The molecule has 0 amide bonds. The summed E-state index contributed by atoms with van der Waals surface area (Å²) in [4.78, 5) is 0. The van der Waals surface area contributed by atoms with Gasteiger partial charge in [-0.2, -0.15) is 0 Å². The first-order valence-electron chi connectivity index (χ1n) is 2.65. The van der Waals surface area contributed by atoms with E-state index in [0.717, 1.165) is 18.7 Å². The van der Waals surface area contributed by atoms with Gasteiger partial charge in [-0.1, -0.05) is 6.58 Å². The van der Waals surface area contributed by atoms with Gasteiger partial charge in [0.15, 0.2) is 0 Å². The van der Waals surface area contributed by atoms with Crippen molar-refractivity contribution in [2.45, 2.75) is 6.42 Å². The van der Waals surface area contributed by atoms with Crippen LogP contribution in [0.4, 0.5) is 0 Å². The van der Waals surface area contributed by atoms with E-state index < -0.39 is 0 Å². The van der Waals surface area contributed by atoms with E-state index in [-0.39, 0.29) is 0 Å². The van der Waals surface area contributed by atoms with Gasteiger partial charge < -0.3 is 10.1 Å². The Labute approximate surface area is 50.5 Å². The Kier molecular flexibility index (Phi) is 4.36. The molecule has 1 N–H and O–H groups in total. The van der Waals surface area contributed by atoms with E-state index in [0.29, 0.717) is 0 Å². The van der Waals surface area contributed by atoms with Crippen LogP contribution in [0.25, 0.3) is 0 Å². The molecule has 0 aromatic carbocycles. The van der Waals surface area contributed by atoms with Crippen molar-refractivity contribution in [3.05, 3.63) is 12.3 Å². The molecule has 2 heteroatoms. The molecule has 0 spiro atoms. The number of methoxy groups -OCH3 is 1. The molecule has 0 radical (unpaired) electrons. The number of hydrogen-bond acceptors (Lipinski definition) is 2. The normalized spacial score (nSPS) is 8.75. The highest BCUT2D eigenvalue weighted by Gasteiger charge is 1.85. The van der Waals surface area contributed by atoms with Crippen LogP contribution in [-0.4, -0.2) is 20.8 Å². The van der Waals surface area contributed by atoms with Gasteiger partial charge in [0.1, 0.15) is 0 Å². The van der Waals surface area contributed by atoms with Crippen LogP contribution < -0.4 is 5.32 Å². The molecule has 0 fully saturated rings. The van der Waals surface area contributed by atoms with Crippen molar-refractivity contribution in [1.82, 2.24) is 5.32 Å². The van der Waals surface area contributed by atoms with Gasteiger partial charge in [-0.15, -0.1) is 0 Å². The summed E-state index contributed by atoms with van der Waals surface area (Å²) in [6.07, 6.45) is 0.896. The van der Waals surface area contributed by atoms with Gasteiger partial charge in [0.05, 0.1) is 6.61 Å². The van der Waals surface area contributed by atoms with Gasteiger partial charge in [0.2, 0.25) is 0 Å². The average Bonchev–Trinajstić information content (AvgIpc) is 1.83. The molecule has 0 saturated carbocycles. The Morgan fingerprint density at radius 2 is 2.38 bits per heavy atom. The molecule has 0 aliphatic carbocycles. The molecule has 0 bridgehead atoms. The van der Waals surface area contributed by atoms with Crippen LogP contribution in [0.1, 0.15) is 6.42 Å². The van der Waals surface area contributed by atoms with E-state index >= 15 is 0 Å². The minimum absolute atomic E-state index is 0.750. The fraction of sp³-hybridized carbons (Fsp3) is 0.667. The highest BCUT2D eigenvalue weighted by molar-refractivity contribution is 4.88. The van der Waals surface area contributed by atoms with Crippen molar-refractivity contribution in [3.63, 3.8) is 0 Å². The minimum Gasteiger partial charge on any atom is -0.392 e. The molecular weight excluding hydrogens is 102 g/mol. The molecule has 0 saturated heterocycles. The topological polar surface area (TPSA) is 21.3 Å². The Morgan fingerprint density at radius 3 is 2.75 bits per heavy atom. The van der Waals surface area contributed by atoms with Crippen molar-refractivity contribution >= 4 is 0 Å². The first-order valence-corrected chi connectivity index (χ1v) is 2.65. The van der Waals surface area contributed by atoms with Crippen LogP contribution in [0, 0.1) is 0 Å². The van der Waals surface area contributed by atoms with Gasteiger partial charge in [0.25, 0.3) is 0 Å². The third kappa shape index (κ3) is 3.68. The number of nitrogens with one attached hydrogen (secondary N) is 1. The van der Waals surface area contributed by atoms with Gasteiger partial charge >= 0.3 is 0 Å². The number of ether oxygens (including phenoxy) is 1. The predicted molar refractivity (Wildman–Crippen MR) is 34.7 cm³/mol. The lowest BCUT2D eigenvalue weighted by Crippen LogP contribution is -2.06. The lowest BCUT2D eigenvalue weighted by molar-refractivity contribution is 0.201. The van der Waals surface area contributed by atoms with Gasteiger partial charge in [-0.3, -0.25) is 0 Å². The van der Waals surface area contributed by atoms with Crippen molar-refractivity contribution in [2.24, 2.45) is 0 Å². The standard InChI is InChI=1S/C6H13NO/c1-6(7-2)4-5-8-3/h7H,1,4-5H2,2-3H3. The van der Waals surface area contributed by atoms with E-state index in [1.165, 1.54) is 0 Å². The molecule has 0 atom stereocenters. The zero-order valence-electron chi connectivity index (χ0n) is 5.53. The largest absolute Gasteiger partial charge is 0.392 e. The molecule has 0 aromatic rings. The van der Waals surface area contributed by atoms with Crippen LogP contribution in [0.15, 0.2) is 12.3 Å². The molecular formula is C6H13NO. The third-order valence-electron chi connectivity index (χ3n) is 0.962. The lowest BCUT2D eigenvalue weighted by Gasteiger charge is -2.01. The maximum absolute atomic E-state index is 4.81. The number of hydrogen-bond donors (Lipinski definition) is 1. The first-order chi connectivity index (χ1) is 3.81. The SMILES string of the molecule is C=C(CCOC)NC. The molecule has 0 aliphatic heterocycles. The second-order valence-corrected chi connectivity index (χ2v) is 1.60. The summed E-state index contributed by atoms with van der Waals surface area (Å²) in [6.45, 7) is 4.47. The van der Waals surface area contributed by atoms with E-state index in [1.807, 2.05) is 7.05 Å². The Bertz CT molecular complexity index is 70.9. The maximum Gasteiger partial charge on any atom is 0.0516 e. The smallest absolute Gasteiger partial charge is 0.0516 e. The molecule has 0 unspecified atom stereocenters. The summed E-state index contributed by atoms with van der Waals surface area (Å²) in [5.74, 6) is 0. The Hall–Kier alpha value is -0.500. The van der Waals surface area contributed by atoms with Crippen molar-refractivity contribution in [1.29, 1.82) is 0 Å². The van der Waals surface area contributed by atoms with Gasteiger partial charge in [-0.25, -0.2) is 0 Å². The van der Waals surface area contributed by atoms with Crippen molar-refractivity contribution in [2.75, 3.05) is 20.8 Å². The molecule has 2 nitrogen and oxygen atoms in total. The van der Waals surface area contributed by atoms with E-state index in [9.17, 15) is 0 Å². The van der Waals surface area contributed by atoms with Crippen molar-refractivity contribution < 1.29 is 4.74 Å². The first kappa shape index (κ1) is 7.50. The molecule has 0 rings (SSSR count). The lowest BCUT2D eigenvalue weighted by atomic mass is 10.4. The zero-order chi connectivity index (χ0) is 6.41. The summed E-state index contributed by atoms with van der Waals surface area (Å²) in [5.41, 5.74) is 1.02. The van der Waals surface area contributed by atoms with Crippen LogP contribution in [-0.2, 0) is 4.74 Å². The molecule has 0 heterocycles. The highest BCUT2D eigenvalue weighted by atomic mass is 16.5. The zero-order valence-corrected chi connectivity index (χ0v) is 5.53. The molecule has 0 aliphatic rings. The second kappa shape index (κ2) is 4.65. The summed E-state index contributed by atoms with van der Waals surface area (Å²) >= 11 is 0.